The third kappa shape index (κ3) is 4.14. The van der Waals surface area contributed by atoms with Crippen LogP contribution in [0.2, 0.25) is 5.02 Å². The molecule has 0 saturated carbocycles. The summed E-state index contributed by atoms with van der Waals surface area (Å²) in [6.45, 7) is 0. The average molecular weight is 379 g/mol. The van der Waals surface area contributed by atoms with Crippen molar-refractivity contribution in [2.24, 2.45) is 0 Å². The first kappa shape index (κ1) is 17.8. The number of amides is 1. The molecule has 7 heteroatoms. The fraction of sp³-hybridized carbons (Fsp3) is 0.278. The lowest BCUT2D eigenvalue weighted by Crippen LogP contribution is -2.35. The molecule has 2 aromatic rings. The van der Waals surface area contributed by atoms with Crippen LogP contribution in [-0.2, 0) is 21.1 Å². The fourth-order valence-corrected chi connectivity index (χ4v) is 4.39. The van der Waals surface area contributed by atoms with E-state index < -0.39 is 21.5 Å². The second-order valence-corrected chi connectivity index (χ2v) is 8.61. The molecule has 2 aromatic carbocycles. The first-order valence-electron chi connectivity index (χ1n) is 8.01. The van der Waals surface area contributed by atoms with Crippen LogP contribution < -0.4 is 11.1 Å². The third-order valence-electron chi connectivity index (χ3n) is 4.31. The molecule has 0 heterocycles. The molecule has 0 fully saturated rings. The minimum Gasteiger partial charge on any atom is -0.399 e. The number of sulfone groups is 1. The molecule has 132 valence electrons. The van der Waals surface area contributed by atoms with Gasteiger partial charge in [-0.2, -0.15) is 0 Å². The highest BCUT2D eigenvalue weighted by Gasteiger charge is 2.25. The Kier molecular flexibility index (Phi) is 5.01. The van der Waals surface area contributed by atoms with Crippen LogP contribution in [0.25, 0.3) is 0 Å². The Morgan fingerprint density at radius 3 is 2.64 bits per heavy atom. The summed E-state index contributed by atoms with van der Waals surface area (Å²) in [5.41, 5.74) is 8.62. The van der Waals surface area contributed by atoms with Gasteiger partial charge >= 0.3 is 0 Å². The van der Waals surface area contributed by atoms with Gasteiger partial charge in [0, 0.05) is 10.7 Å². The molecule has 1 aliphatic carbocycles. The minimum atomic E-state index is -3.70. The number of nitrogen functional groups attached to an aromatic ring is 1. The largest absolute Gasteiger partial charge is 0.399 e. The first-order valence-corrected chi connectivity index (χ1v) is 10.0. The van der Waals surface area contributed by atoms with Gasteiger partial charge < -0.3 is 11.1 Å². The lowest BCUT2D eigenvalue weighted by Gasteiger charge is -2.26. The highest BCUT2D eigenvalue weighted by atomic mass is 35.5. The number of benzene rings is 2. The number of carbonyl (C=O) groups is 1. The van der Waals surface area contributed by atoms with E-state index in [0.29, 0.717) is 10.7 Å². The molecule has 5 nitrogen and oxygen atoms in total. The summed E-state index contributed by atoms with van der Waals surface area (Å²) in [7, 11) is -3.70. The van der Waals surface area contributed by atoms with Crippen LogP contribution in [0.15, 0.2) is 47.4 Å². The molecule has 1 amide bonds. The van der Waals surface area contributed by atoms with E-state index in [1.165, 1.54) is 24.3 Å². The zero-order chi connectivity index (χ0) is 18.0. The average Bonchev–Trinajstić information content (AvgIpc) is 2.54. The van der Waals surface area contributed by atoms with Gasteiger partial charge in [0.25, 0.3) is 0 Å². The summed E-state index contributed by atoms with van der Waals surface area (Å²) in [5.74, 6) is -1.10. The Bertz CT molecular complexity index is 895. The van der Waals surface area contributed by atoms with Crippen molar-refractivity contribution in [3.8, 4) is 0 Å². The van der Waals surface area contributed by atoms with Crippen LogP contribution in [0.1, 0.15) is 30.0 Å². The Labute approximate surface area is 152 Å². The van der Waals surface area contributed by atoms with E-state index in [2.05, 4.69) is 5.32 Å². The number of nitrogens with one attached hydrogen (secondary N) is 1. The van der Waals surface area contributed by atoms with Gasteiger partial charge in [0.05, 0.1) is 10.9 Å². The summed E-state index contributed by atoms with van der Waals surface area (Å²) in [6.07, 6.45) is 2.62. The first-order chi connectivity index (χ1) is 11.8. The minimum absolute atomic E-state index is 0.0869. The molecular formula is C18H19ClN2O3S. The Morgan fingerprint density at radius 1 is 1.20 bits per heavy atom. The number of halogens is 1. The number of carbonyl (C=O) groups excluding carboxylic acids is 1. The van der Waals surface area contributed by atoms with Gasteiger partial charge in [-0.1, -0.05) is 17.7 Å². The normalized spacial score (nSPS) is 16.9. The molecule has 1 unspecified atom stereocenters. The van der Waals surface area contributed by atoms with Crippen LogP contribution in [0, 0.1) is 0 Å². The lowest BCUT2D eigenvalue weighted by atomic mass is 9.87. The van der Waals surface area contributed by atoms with E-state index >= 15 is 0 Å². The van der Waals surface area contributed by atoms with Crippen molar-refractivity contribution in [3.63, 3.8) is 0 Å². The van der Waals surface area contributed by atoms with Gasteiger partial charge in [-0.3, -0.25) is 4.79 Å². The maximum atomic E-state index is 12.4. The molecule has 0 saturated heterocycles. The van der Waals surface area contributed by atoms with E-state index in [9.17, 15) is 13.2 Å². The molecule has 0 aromatic heterocycles. The van der Waals surface area contributed by atoms with Crippen LogP contribution in [0.5, 0.6) is 0 Å². The monoisotopic (exact) mass is 378 g/mol. The molecule has 1 aliphatic rings. The molecule has 25 heavy (non-hydrogen) atoms. The zero-order valence-corrected chi connectivity index (χ0v) is 15.1. The molecular weight excluding hydrogens is 360 g/mol. The summed E-state index contributed by atoms with van der Waals surface area (Å²) in [4.78, 5) is 12.4. The van der Waals surface area contributed by atoms with Crippen molar-refractivity contribution in [2.45, 2.75) is 30.2 Å². The predicted molar refractivity (Wildman–Crippen MR) is 98.2 cm³/mol. The van der Waals surface area contributed by atoms with Crippen LogP contribution >= 0.6 is 11.6 Å². The van der Waals surface area contributed by atoms with E-state index in [4.69, 9.17) is 17.3 Å². The number of rotatable bonds is 4. The summed E-state index contributed by atoms with van der Waals surface area (Å²) in [6, 6.07) is 11.2. The summed E-state index contributed by atoms with van der Waals surface area (Å²) in [5, 5.41) is 3.29. The van der Waals surface area contributed by atoms with Gasteiger partial charge in [-0.25, -0.2) is 8.42 Å². The molecule has 0 radical (unpaired) electrons. The highest BCUT2D eigenvalue weighted by molar-refractivity contribution is 7.92. The van der Waals surface area contributed by atoms with Crippen molar-refractivity contribution in [2.75, 3.05) is 11.5 Å². The van der Waals surface area contributed by atoms with Crippen molar-refractivity contribution in [1.29, 1.82) is 0 Å². The standard InChI is InChI=1S/C18H19ClN2O3S/c19-13-4-7-15(8-5-13)25(23,24)11-18(22)21-17-3-1-2-12-10-14(20)6-9-16(12)17/h4-10,17H,1-3,11,20H2,(H,21,22). The predicted octanol–water partition coefficient (Wildman–Crippen LogP) is 2.89. The van der Waals surface area contributed by atoms with Crippen LogP contribution in [-0.4, -0.2) is 20.1 Å². The van der Waals surface area contributed by atoms with E-state index in [-0.39, 0.29) is 10.9 Å². The topological polar surface area (TPSA) is 89.3 Å². The Balaban J connectivity index is 1.72. The number of fused-ring (bicyclic) bond motifs is 1. The Morgan fingerprint density at radius 2 is 1.92 bits per heavy atom. The molecule has 1 atom stereocenters. The van der Waals surface area contributed by atoms with Crippen LogP contribution in [0.4, 0.5) is 5.69 Å². The van der Waals surface area contributed by atoms with E-state index in [1.807, 2.05) is 12.1 Å². The van der Waals surface area contributed by atoms with E-state index in [1.54, 1.807) is 6.07 Å². The van der Waals surface area contributed by atoms with Crippen LogP contribution in [0.3, 0.4) is 0 Å². The van der Waals surface area contributed by atoms with Crippen molar-refractivity contribution >= 4 is 33.0 Å². The molecule has 0 bridgehead atoms. The van der Waals surface area contributed by atoms with Gasteiger partial charge in [0.1, 0.15) is 5.75 Å². The maximum absolute atomic E-state index is 12.4. The van der Waals surface area contributed by atoms with E-state index in [0.717, 1.165) is 30.4 Å². The Hall–Kier alpha value is -2.05. The SMILES string of the molecule is Nc1ccc2c(c1)CCCC2NC(=O)CS(=O)(=O)c1ccc(Cl)cc1. The zero-order valence-electron chi connectivity index (χ0n) is 13.5. The number of anilines is 1. The van der Waals surface area contributed by atoms with Crippen molar-refractivity contribution in [1.82, 2.24) is 5.32 Å². The smallest absolute Gasteiger partial charge is 0.236 e. The van der Waals surface area contributed by atoms with Gasteiger partial charge in [0.15, 0.2) is 9.84 Å². The third-order valence-corrected chi connectivity index (χ3v) is 6.20. The highest BCUT2D eigenvalue weighted by Crippen LogP contribution is 2.31. The summed E-state index contributed by atoms with van der Waals surface area (Å²) < 4.78 is 24.7. The molecule has 3 rings (SSSR count). The number of hydrogen-bond acceptors (Lipinski definition) is 4. The molecule has 0 spiro atoms. The lowest BCUT2D eigenvalue weighted by molar-refractivity contribution is -0.119. The second-order valence-electron chi connectivity index (χ2n) is 6.18. The van der Waals surface area contributed by atoms with Crippen molar-refractivity contribution < 1.29 is 13.2 Å². The second kappa shape index (κ2) is 7.06. The van der Waals surface area contributed by atoms with Gasteiger partial charge in [-0.05, 0) is 66.8 Å². The quantitative estimate of drug-likeness (QED) is 0.800. The number of aryl methyl sites for hydroxylation is 1. The fourth-order valence-electron chi connectivity index (χ4n) is 3.12. The van der Waals surface area contributed by atoms with Gasteiger partial charge in [0.2, 0.25) is 5.91 Å². The molecule has 3 N–H and O–H groups in total. The van der Waals surface area contributed by atoms with Crippen molar-refractivity contribution in [3.05, 3.63) is 58.6 Å². The maximum Gasteiger partial charge on any atom is 0.236 e. The number of hydrogen-bond donors (Lipinski definition) is 2. The number of nitrogens with two attached hydrogens (primary N) is 1. The van der Waals surface area contributed by atoms with Gasteiger partial charge in [-0.15, -0.1) is 0 Å². The summed E-state index contributed by atoms with van der Waals surface area (Å²) >= 11 is 5.77. The molecule has 0 aliphatic heterocycles.